The minimum absolute atomic E-state index is 0.302. The molecule has 0 atom stereocenters. The van der Waals surface area contributed by atoms with Gasteiger partial charge in [0.2, 0.25) is 0 Å². The van der Waals surface area contributed by atoms with Crippen molar-refractivity contribution in [2.75, 3.05) is 19.6 Å². The molecule has 1 saturated carbocycles. The minimum atomic E-state index is -3.97. The van der Waals surface area contributed by atoms with Crippen molar-refractivity contribution in [3.8, 4) is 0 Å². The summed E-state index contributed by atoms with van der Waals surface area (Å²) in [7, 11) is 0. The molecule has 14 heavy (non-hydrogen) atoms. The summed E-state index contributed by atoms with van der Waals surface area (Å²) in [4.78, 5) is 2.19. The highest BCUT2D eigenvalue weighted by Crippen LogP contribution is 2.36. The van der Waals surface area contributed by atoms with Crippen LogP contribution >= 0.6 is 0 Å². The molecule has 2 rings (SSSR count). The van der Waals surface area contributed by atoms with E-state index in [1.54, 1.807) is 0 Å². The lowest BCUT2D eigenvalue weighted by Crippen LogP contribution is -2.39. The number of halogens is 3. The maximum Gasteiger partial charge on any atom is 0.391 e. The van der Waals surface area contributed by atoms with Gasteiger partial charge in [0, 0.05) is 6.54 Å². The highest BCUT2D eigenvalue weighted by atomic mass is 19.4. The van der Waals surface area contributed by atoms with Gasteiger partial charge < -0.3 is 4.90 Å². The Bertz CT molecular complexity index is 190. The SMILES string of the molecule is FC(F)(F)C1CCN(CC2CC2)CC1. The highest BCUT2D eigenvalue weighted by molar-refractivity contribution is 4.82. The Morgan fingerprint density at radius 3 is 2.00 bits per heavy atom. The van der Waals surface area contributed by atoms with Gasteiger partial charge >= 0.3 is 6.18 Å². The van der Waals surface area contributed by atoms with Gasteiger partial charge in [0.15, 0.2) is 0 Å². The van der Waals surface area contributed by atoms with Gasteiger partial charge in [-0.3, -0.25) is 0 Å². The molecule has 0 N–H and O–H groups in total. The van der Waals surface area contributed by atoms with Gasteiger partial charge in [0.1, 0.15) is 0 Å². The fraction of sp³-hybridized carbons (Fsp3) is 1.00. The Morgan fingerprint density at radius 2 is 1.57 bits per heavy atom. The first-order valence-corrected chi connectivity index (χ1v) is 5.35. The average molecular weight is 207 g/mol. The van der Waals surface area contributed by atoms with Crippen LogP contribution in [-0.2, 0) is 0 Å². The molecule has 0 aromatic heterocycles. The molecule has 2 fully saturated rings. The van der Waals surface area contributed by atoms with Crippen molar-refractivity contribution >= 4 is 0 Å². The van der Waals surface area contributed by atoms with Gasteiger partial charge in [-0.2, -0.15) is 13.2 Å². The van der Waals surface area contributed by atoms with E-state index in [4.69, 9.17) is 0 Å². The van der Waals surface area contributed by atoms with E-state index in [0.717, 1.165) is 12.5 Å². The molecule has 0 amide bonds. The first kappa shape index (κ1) is 10.3. The van der Waals surface area contributed by atoms with Crippen LogP contribution in [0.5, 0.6) is 0 Å². The van der Waals surface area contributed by atoms with Crippen LogP contribution in [0, 0.1) is 11.8 Å². The molecule has 4 heteroatoms. The van der Waals surface area contributed by atoms with Crippen molar-refractivity contribution < 1.29 is 13.2 Å². The minimum Gasteiger partial charge on any atom is -0.303 e. The van der Waals surface area contributed by atoms with E-state index in [1.165, 1.54) is 12.8 Å². The maximum absolute atomic E-state index is 12.3. The predicted molar refractivity (Wildman–Crippen MR) is 47.9 cm³/mol. The molecule has 0 radical (unpaired) electrons. The van der Waals surface area contributed by atoms with Gasteiger partial charge in [-0.15, -0.1) is 0 Å². The Hall–Kier alpha value is -0.250. The van der Waals surface area contributed by atoms with Crippen LogP contribution in [0.1, 0.15) is 25.7 Å². The Labute approximate surface area is 82.3 Å². The largest absolute Gasteiger partial charge is 0.391 e. The number of hydrogen-bond donors (Lipinski definition) is 0. The molecule has 0 aromatic carbocycles. The lowest BCUT2D eigenvalue weighted by Gasteiger charge is -2.32. The summed E-state index contributed by atoms with van der Waals surface area (Å²) in [5, 5.41) is 0. The maximum atomic E-state index is 12.3. The highest BCUT2D eigenvalue weighted by Gasteiger charge is 2.41. The summed E-state index contributed by atoms with van der Waals surface area (Å²) >= 11 is 0. The van der Waals surface area contributed by atoms with Crippen molar-refractivity contribution in [2.45, 2.75) is 31.9 Å². The van der Waals surface area contributed by atoms with E-state index >= 15 is 0 Å². The van der Waals surface area contributed by atoms with Crippen LogP contribution in [0.2, 0.25) is 0 Å². The lowest BCUT2D eigenvalue weighted by molar-refractivity contribution is -0.185. The van der Waals surface area contributed by atoms with E-state index in [9.17, 15) is 13.2 Å². The third-order valence-corrected chi connectivity index (χ3v) is 3.26. The summed E-state index contributed by atoms with van der Waals surface area (Å²) < 4.78 is 37.0. The second kappa shape index (κ2) is 3.72. The summed E-state index contributed by atoms with van der Waals surface area (Å²) in [6.45, 7) is 2.31. The molecule has 1 heterocycles. The summed E-state index contributed by atoms with van der Waals surface area (Å²) in [5.74, 6) is -0.254. The average Bonchev–Trinajstić information content (AvgIpc) is 2.88. The second-order valence-electron chi connectivity index (χ2n) is 4.56. The molecule has 82 valence electrons. The van der Waals surface area contributed by atoms with Crippen LogP contribution in [0.3, 0.4) is 0 Å². The molecule has 0 unspecified atom stereocenters. The second-order valence-corrected chi connectivity index (χ2v) is 4.56. The van der Waals surface area contributed by atoms with Gasteiger partial charge in [0.05, 0.1) is 5.92 Å². The fourth-order valence-corrected chi connectivity index (χ4v) is 2.11. The zero-order chi connectivity index (χ0) is 10.2. The quantitative estimate of drug-likeness (QED) is 0.673. The zero-order valence-electron chi connectivity index (χ0n) is 8.19. The smallest absolute Gasteiger partial charge is 0.303 e. The van der Waals surface area contributed by atoms with Crippen LogP contribution < -0.4 is 0 Å². The molecule has 1 aliphatic heterocycles. The molecule has 1 aliphatic carbocycles. The van der Waals surface area contributed by atoms with Gasteiger partial charge in [0.25, 0.3) is 0 Å². The van der Waals surface area contributed by atoms with Crippen LogP contribution in [0.15, 0.2) is 0 Å². The van der Waals surface area contributed by atoms with Crippen LogP contribution in [-0.4, -0.2) is 30.7 Å². The number of alkyl halides is 3. The third-order valence-electron chi connectivity index (χ3n) is 3.26. The first-order valence-electron chi connectivity index (χ1n) is 5.35. The number of hydrogen-bond acceptors (Lipinski definition) is 1. The number of piperidine rings is 1. The Balaban J connectivity index is 1.74. The van der Waals surface area contributed by atoms with E-state index in [1.807, 2.05) is 0 Å². The monoisotopic (exact) mass is 207 g/mol. The lowest BCUT2D eigenvalue weighted by atomic mass is 9.96. The van der Waals surface area contributed by atoms with E-state index in [-0.39, 0.29) is 0 Å². The van der Waals surface area contributed by atoms with Crippen LogP contribution in [0.25, 0.3) is 0 Å². The first-order chi connectivity index (χ1) is 6.55. The topological polar surface area (TPSA) is 3.24 Å². The zero-order valence-corrected chi connectivity index (χ0v) is 8.19. The van der Waals surface area contributed by atoms with E-state index in [0.29, 0.717) is 25.9 Å². The van der Waals surface area contributed by atoms with Gasteiger partial charge in [-0.05, 0) is 44.7 Å². The molecule has 0 spiro atoms. The molecular formula is C10H16F3N. The third kappa shape index (κ3) is 2.62. The summed E-state index contributed by atoms with van der Waals surface area (Å²) in [6, 6.07) is 0. The molecule has 0 bridgehead atoms. The number of rotatable bonds is 2. The molecule has 1 saturated heterocycles. The standard InChI is InChI=1S/C10H16F3N/c11-10(12,13)9-3-5-14(6-4-9)7-8-1-2-8/h8-9H,1-7H2. The predicted octanol–water partition coefficient (Wildman–Crippen LogP) is 2.67. The van der Waals surface area contributed by atoms with Crippen molar-refractivity contribution in [1.29, 1.82) is 0 Å². The van der Waals surface area contributed by atoms with Gasteiger partial charge in [-0.1, -0.05) is 0 Å². The van der Waals surface area contributed by atoms with Gasteiger partial charge in [-0.25, -0.2) is 0 Å². The summed E-state index contributed by atoms with van der Waals surface area (Å²) in [5.41, 5.74) is 0. The molecular weight excluding hydrogens is 191 g/mol. The van der Waals surface area contributed by atoms with Crippen molar-refractivity contribution in [3.63, 3.8) is 0 Å². The number of nitrogens with zero attached hydrogens (tertiary/aromatic N) is 1. The molecule has 1 nitrogen and oxygen atoms in total. The Morgan fingerprint density at radius 1 is 1.00 bits per heavy atom. The fourth-order valence-electron chi connectivity index (χ4n) is 2.11. The van der Waals surface area contributed by atoms with E-state index < -0.39 is 12.1 Å². The number of likely N-dealkylation sites (tertiary alicyclic amines) is 1. The van der Waals surface area contributed by atoms with Crippen molar-refractivity contribution in [3.05, 3.63) is 0 Å². The summed E-state index contributed by atoms with van der Waals surface area (Å²) in [6.07, 6.45) is -0.809. The van der Waals surface area contributed by atoms with Crippen LogP contribution in [0.4, 0.5) is 13.2 Å². The molecule has 0 aromatic rings. The normalized spacial score (nSPS) is 26.8. The Kier molecular flexibility index (Phi) is 2.73. The van der Waals surface area contributed by atoms with Crippen molar-refractivity contribution in [1.82, 2.24) is 4.90 Å². The van der Waals surface area contributed by atoms with E-state index in [2.05, 4.69) is 4.90 Å². The molecule has 2 aliphatic rings. The van der Waals surface area contributed by atoms with Crippen molar-refractivity contribution in [2.24, 2.45) is 11.8 Å².